The van der Waals surface area contributed by atoms with Crippen LogP contribution in [0.4, 0.5) is 0 Å². The van der Waals surface area contributed by atoms with Crippen molar-refractivity contribution in [3.8, 4) is 113 Å². The summed E-state index contributed by atoms with van der Waals surface area (Å²) in [5.41, 5.74) is 25.9. The second-order valence-electron chi connectivity index (χ2n) is 23.3. The smallest absolute Gasteiger partial charge is 0.179 e. The molecule has 0 atom stereocenters. The van der Waals surface area contributed by atoms with E-state index in [-0.39, 0.29) is 0 Å². The lowest BCUT2D eigenvalue weighted by Gasteiger charge is -2.11. The number of hydrogen-bond donors (Lipinski definition) is 0. The first-order chi connectivity index (χ1) is 45.7. The molecule has 0 spiro atoms. The third-order valence-electron chi connectivity index (χ3n) is 17.0. The first kappa shape index (κ1) is 57.3. The Balaban J connectivity index is 0.000000154. The van der Waals surface area contributed by atoms with E-state index in [4.69, 9.17) is 39.9 Å². The molecule has 93 heavy (non-hydrogen) atoms. The SMILES string of the molecule is CCc1cc(C)c2ccc3ccc(-c4cccc(-c5ccc(-c6nc(-c7ccccc7)cc(-c7cccnc7)n6)cc5)c4)nc3c2n1.Cc1cc(C)c2ccc3ccc(-c4cccc(-c5ccc(-c6cc(-c7ccccc7)nc(-c7ccccn7)n6)cc5)c4)nc3c2n1. The fraction of sp³-hybridized carbons (Fsp3) is 0.0602. The van der Waals surface area contributed by atoms with E-state index in [1.165, 1.54) is 11.1 Å². The molecule has 0 unspecified atom stereocenters. The lowest BCUT2D eigenvalue weighted by Crippen LogP contribution is -1.97. The number of pyridine rings is 6. The zero-order valence-electron chi connectivity index (χ0n) is 51.7. The molecular weight excluding hydrogens is 1140 g/mol. The minimum absolute atomic E-state index is 0.602. The molecule has 0 aliphatic carbocycles. The van der Waals surface area contributed by atoms with Crippen molar-refractivity contribution in [2.75, 3.05) is 0 Å². The first-order valence-electron chi connectivity index (χ1n) is 31.2. The summed E-state index contributed by atoms with van der Waals surface area (Å²) in [6, 6.07) is 89.7. The summed E-state index contributed by atoms with van der Waals surface area (Å²) in [6.45, 7) is 8.47. The second-order valence-corrected chi connectivity index (χ2v) is 23.3. The Labute approximate surface area is 539 Å². The molecule has 0 aliphatic heterocycles. The predicted molar refractivity (Wildman–Crippen MR) is 379 cm³/mol. The van der Waals surface area contributed by atoms with Crippen molar-refractivity contribution in [1.82, 2.24) is 49.8 Å². The van der Waals surface area contributed by atoms with Crippen molar-refractivity contribution in [3.63, 3.8) is 0 Å². The number of hydrogen-bond acceptors (Lipinski definition) is 10. The van der Waals surface area contributed by atoms with Crippen LogP contribution in [0, 0.1) is 20.8 Å². The summed E-state index contributed by atoms with van der Waals surface area (Å²) < 4.78 is 0. The van der Waals surface area contributed by atoms with Crippen LogP contribution in [-0.2, 0) is 6.42 Å². The van der Waals surface area contributed by atoms with Gasteiger partial charge in [0.15, 0.2) is 11.6 Å². The van der Waals surface area contributed by atoms with Crippen molar-refractivity contribution in [1.29, 1.82) is 0 Å². The van der Waals surface area contributed by atoms with Gasteiger partial charge in [-0.2, -0.15) is 0 Å². The summed E-state index contributed by atoms with van der Waals surface area (Å²) in [4.78, 5) is 48.7. The molecule has 0 radical (unpaired) electrons. The van der Waals surface area contributed by atoms with Crippen molar-refractivity contribution >= 4 is 43.6 Å². The normalized spacial score (nSPS) is 11.3. The lowest BCUT2D eigenvalue weighted by atomic mass is 9.99. The molecule has 0 saturated carbocycles. The van der Waals surface area contributed by atoms with Gasteiger partial charge >= 0.3 is 0 Å². The van der Waals surface area contributed by atoms with Crippen molar-refractivity contribution in [3.05, 3.63) is 302 Å². The molecule has 8 aromatic heterocycles. The number of aromatic nitrogens is 10. The topological polar surface area (TPSA) is 129 Å². The van der Waals surface area contributed by atoms with Gasteiger partial charge in [-0.05, 0) is 133 Å². The average molecular weight is 1200 g/mol. The minimum atomic E-state index is 0.602. The summed E-state index contributed by atoms with van der Waals surface area (Å²) >= 11 is 0. The summed E-state index contributed by atoms with van der Waals surface area (Å²) in [6.07, 6.45) is 6.27. The number of aryl methyl sites for hydroxylation is 4. The zero-order valence-corrected chi connectivity index (χ0v) is 51.7. The van der Waals surface area contributed by atoms with Crippen molar-refractivity contribution in [2.45, 2.75) is 34.1 Å². The maximum atomic E-state index is 5.16. The summed E-state index contributed by atoms with van der Waals surface area (Å²) in [7, 11) is 0. The van der Waals surface area contributed by atoms with Crippen LogP contribution in [0.25, 0.3) is 156 Å². The highest BCUT2D eigenvalue weighted by molar-refractivity contribution is 6.06. The molecule has 10 nitrogen and oxygen atoms in total. The van der Waals surface area contributed by atoms with Gasteiger partial charge in [-0.3, -0.25) is 19.9 Å². The Kier molecular flexibility index (Phi) is 15.4. The quantitative estimate of drug-likeness (QED) is 0.115. The van der Waals surface area contributed by atoms with Gasteiger partial charge in [-0.15, -0.1) is 0 Å². The fourth-order valence-corrected chi connectivity index (χ4v) is 12.1. The van der Waals surface area contributed by atoms with Crippen molar-refractivity contribution < 1.29 is 0 Å². The number of fused-ring (bicyclic) bond motifs is 6. The van der Waals surface area contributed by atoms with Gasteiger partial charge in [0.25, 0.3) is 0 Å². The molecule has 0 N–H and O–H groups in total. The molecule has 0 fully saturated rings. The Morgan fingerprint density at radius 3 is 1.27 bits per heavy atom. The van der Waals surface area contributed by atoms with Gasteiger partial charge < -0.3 is 0 Å². The van der Waals surface area contributed by atoms with Crippen LogP contribution in [0.2, 0.25) is 0 Å². The molecule has 16 aromatic rings. The molecule has 8 aromatic carbocycles. The highest BCUT2D eigenvalue weighted by Gasteiger charge is 2.17. The van der Waals surface area contributed by atoms with Gasteiger partial charge in [-0.1, -0.05) is 195 Å². The molecule has 0 aliphatic rings. The maximum absolute atomic E-state index is 5.16. The van der Waals surface area contributed by atoms with Crippen LogP contribution in [0.15, 0.2) is 279 Å². The maximum Gasteiger partial charge on any atom is 0.179 e. The van der Waals surface area contributed by atoms with Crippen molar-refractivity contribution in [2.24, 2.45) is 0 Å². The Morgan fingerprint density at radius 1 is 0.269 bits per heavy atom. The second kappa shape index (κ2) is 25.0. The molecule has 0 bridgehead atoms. The molecular formula is C83H60N10. The monoisotopic (exact) mass is 1200 g/mol. The molecule has 0 amide bonds. The highest BCUT2D eigenvalue weighted by atomic mass is 14.9. The molecule has 8 heterocycles. The van der Waals surface area contributed by atoms with Crippen LogP contribution in [0.3, 0.4) is 0 Å². The van der Waals surface area contributed by atoms with E-state index in [9.17, 15) is 0 Å². The first-order valence-corrected chi connectivity index (χ1v) is 31.2. The molecule has 10 heteroatoms. The van der Waals surface area contributed by atoms with E-state index in [0.29, 0.717) is 11.6 Å². The van der Waals surface area contributed by atoms with Crippen LogP contribution in [0.5, 0.6) is 0 Å². The van der Waals surface area contributed by atoms with E-state index in [1.807, 2.05) is 92.0 Å². The third kappa shape index (κ3) is 11.9. The van der Waals surface area contributed by atoms with Crippen LogP contribution < -0.4 is 0 Å². The summed E-state index contributed by atoms with van der Waals surface area (Å²) in [5, 5.41) is 4.48. The van der Waals surface area contributed by atoms with E-state index >= 15 is 0 Å². The Hall–Kier alpha value is -12.1. The minimum Gasteiger partial charge on any atom is -0.264 e. The number of benzene rings is 8. The predicted octanol–water partition coefficient (Wildman–Crippen LogP) is 20.1. The van der Waals surface area contributed by atoms with Crippen LogP contribution in [-0.4, -0.2) is 49.8 Å². The summed E-state index contributed by atoms with van der Waals surface area (Å²) in [5.74, 6) is 1.28. The molecule has 16 rings (SSSR count). The van der Waals surface area contributed by atoms with Gasteiger partial charge in [0.05, 0.1) is 56.2 Å². The standard InChI is InChI=1S/C42H31N5.C41H29N5/c1-3-35-23-27(2)36-20-18-30-19-21-37(45-40(30)41(36)44-35)33-12-7-11-32(24-33)28-14-16-31(17-15-28)42-46-38(29-9-5-4-6-10-29)25-39(47-42)34-13-8-22-43-26-34;1-26-23-27(2)43-40-34(26)20-18-31-19-21-35(44-39(31)40)33-12-8-11-32(24-33)28-14-16-30(17-15-28)38-25-37(29-9-4-3-5-10-29)45-41(46-38)36-13-6-7-22-42-36/h4-26H,3H2,1-2H3;3-25H,1-2H3. The Morgan fingerprint density at radius 2 is 0.731 bits per heavy atom. The van der Waals surface area contributed by atoms with Gasteiger partial charge in [-0.25, -0.2) is 29.9 Å². The average Bonchev–Trinajstić information content (AvgIpc) is 1.00. The van der Waals surface area contributed by atoms with E-state index in [0.717, 1.165) is 162 Å². The van der Waals surface area contributed by atoms with E-state index in [1.54, 1.807) is 12.4 Å². The van der Waals surface area contributed by atoms with E-state index < -0.39 is 0 Å². The van der Waals surface area contributed by atoms with Crippen LogP contribution in [0.1, 0.15) is 29.4 Å². The zero-order chi connectivity index (χ0) is 62.8. The number of rotatable bonds is 11. The lowest BCUT2D eigenvalue weighted by molar-refractivity contribution is 1.05. The molecule has 442 valence electrons. The molecule has 0 saturated heterocycles. The third-order valence-corrected chi connectivity index (χ3v) is 17.0. The van der Waals surface area contributed by atoms with Gasteiger partial charge in [0.1, 0.15) is 5.69 Å². The van der Waals surface area contributed by atoms with Gasteiger partial charge in [0, 0.05) is 90.5 Å². The largest absolute Gasteiger partial charge is 0.264 e. The fourth-order valence-electron chi connectivity index (χ4n) is 12.1. The highest BCUT2D eigenvalue weighted by Crippen LogP contribution is 2.36. The number of nitrogens with zero attached hydrogens (tertiary/aromatic N) is 10. The Bertz CT molecular complexity index is 5320. The van der Waals surface area contributed by atoms with Gasteiger partial charge in [0.2, 0.25) is 0 Å². The van der Waals surface area contributed by atoms with E-state index in [2.05, 4.69) is 213 Å². The van der Waals surface area contributed by atoms with Crippen LogP contribution >= 0.6 is 0 Å².